The van der Waals surface area contributed by atoms with Crippen molar-refractivity contribution in [2.75, 3.05) is 13.2 Å². The number of hydrogen-bond donors (Lipinski definition) is 3. The highest BCUT2D eigenvalue weighted by Crippen LogP contribution is 2.12. The smallest absolute Gasteiger partial charge is 0.237 e. The predicted octanol–water partition coefficient (Wildman–Crippen LogP) is 0.592. The molecule has 0 saturated carbocycles. The predicted molar refractivity (Wildman–Crippen MR) is 66.9 cm³/mol. The zero-order valence-corrected chi connectivity index (χ0v) is 10.7. The van der Waals surface area contributed by atoms with Crippen LogP contribution in [0.5, 0.6) is 0 Å². The zero-order chi connectivity index (χ0) is 13.3. The number of rotatable bonds is 9. The molecule has 100 valence electrons. The fraction of sp³-hybridized carbons (Fsp3) is 0.750. The van der Waals surface area contributed by atoms with Crippen molar-refractivity contribution in [3.8, 4) is 0 Å². The van der Waals surface area contributed by atoms with E-state index in [0.29, 0.717) is 25.4 Å². The summed E-state index contributed by atoms with van der Waals surface area (Å²) in [5.74, 6) is 4.87. The molecule has 2 atom stereocenters. The van der Waals surface area contributed by atoms with Crippen LogP contribution in [0.2, 0.25) is 0 Å². The topological polar surface area (TPSA) is 84.6 Å². The molecule has 4 N–H and O–H groups in total. The molecule has 5 nitrogen and oxygen atoms in total. The Morgan fingerprint density at radius 3 is 2.65 bits per heavy atom. The van der Waals surface area contributed by atoms with E-state index in [1.54, 1.807) is 6.08 Å². The number of carbonyl (C=O) groups excluding carboxylic acids is 1. The Kier molecular flexibility index (Phi) is 8.66. The lowest BCUT2D eigenvalue weighted by Gasteiger charge is -2.18. The van der Waals surface area contributed by atoms with Gasteiger partial charge >= 0.3 is 0 Å². The summed E-state index contributed by atoms with van der Waals surface area (Å²) >= 11 is 0. The normalized spacial score (nSPS) is 14.4. The summed E-state index contributed by atoms with van der Waals surface area (Å²) in [7, 11) is 0. The Hall–Kier alpha value is -0.910. The first-order valence-corrected chi connectivity index (χ1v) is 5.88. The van der Waals surface area contributed by atoms with Gasteiger partial charge in [0.2, 0.25) is 5.91 Å². The summed E-state index contributed by atoms with van der Waals surface area (Å²) < 4.78 is 5.31. The maximum Gasteiger partial charge on any atom is 0.237 e. The summed E-state index contributed by atoms with van der Waals surface area (Å²) in [4.78, 5) is 11.4. The fourth-order valence-electron chi connectivity index (χ4n) is 1.47. The van der Waals surface area contributed by atoms with Crippen molar-refractivity contribution in [2.24, 2.45) is 17.7 Å². The van der Waals surface area contributed by atoms with E-state index in [0.717, 1.165) is 0 Å². The number of amides is 1. The Bertz CT molecular complexity index is 232. The Labute approximate surface area is 103 Å². The number of carbonyl (C=O) groups is 1. The molecule has 17 heavy (non-hydrogen) atoms. The average molecular weight is 244 g/mol. The molecule has 0 aromatic rings. The van der Waals surface area contributed by atoms with Gasteiger partial charge in [-0.2, -0.15) is 0 Å². The fourth-order valence-corrected chi connectivity index (χ4v) is 1.47. The van der Waals surface area contributed by atoms with Crippen LogP contribution in [-0.4, -0.2) is 30.3 Å². The number of nitrogens with one attached hydrogen (secondary N) is 1. The molecule has 0 bridgehead atoms. The maximum atomic E-state index is 11.4. The van der Waals surface area contributed by atoms with Gasteiger partial charge in [-0.05, 0) is 18.8 Å². The zero-order valence-electron chi connectivity index (χ0n) is 10.7. The molecule has 0 rings (SSSR count). The summed E-state index contributed by atoms with van der Waals surface area (Å²) in [5, 5.41) is 9.72. The van der Waals surface area contributed by atoms with Crippen molar-refractivity contribution in [1.82, 2.24) is 5.43 Å². The van der Waals surface area contributed by atoms with Crippen LogP contribution < -0.4 is 11.3 Å². The van der Waals surface area contributed by atoms with E-state index < -0.39 is 6.10 Å². The number of hydrogen-bond acceptors (Lipinski definition) is 4. The Balaban J connectivity index is 3.98. The average Bonchev–Trinajstić information content (AvgIpc) is 2.27. The first-order valence-electron chi connectivity index (χ1n) is 5.88. The molecule has 0 saturated heterocycles. The number of aliphatic hydroxyl groups excluding tert-OH is 1. The van der Waals surface area contributed by atoms with Gasteiger partial charge in [-0.1, -0.05) is 19.9 Å². The number of hydrazine groups is 1. The van der Waals surface area contributed by atoms with E-state index in [2.05, 4.69) is 12.0 Å². The molecule has 0 aliphatic rings. The van der Waals surface area contributed by atoms with E-state index >= 15 is 0 Å². The van der Waals surface area contributed by atoms with E-state index in [9.17, 15) is 9.90 Å². The van der Waals surface area contributed by atoms with E-state index in [4.69, 9.17) is 10.6 Å². The van der Waals surface area contributed by atoms with Crippen LogP contribution in [0, 0.1) is 11.8 Å². The molecule has 0 radical (unpaired) electrons. The molecular weight excluding hydrogens is 220 g/mol. The van der Waals surface area contributed by atoms with Crippen LogP contribution in [0.25, 0.3) is 0 Å². The third-order valence-electron chi connectivity index (χ3n) is 2.28. The molecule has 0 heterocycles. The minimum atomic E-state index is -0.656. The largest absolute Gasteiger partial charge is 0.391 e. The molecule has 0 spiro atoms. The standard InChI is InChI=1S/C12H24N2O3/c1-4-5-10(12(16)14-13)6-11(15)8-17-7-9(2)3/h4,9-11,15H,1,5-8,13H2,2-3H3,(H,14,16)/t10-,11+/m0/s1. The van der Waals surface area contributed by atoms with Crippen LogP contribution in [0.1, 0.15) is 26.7 Å². The van der Waals surface area contributed by atoms with E-state index in [-0.39, 0.29) is 18.4 Å². The first-order chi connectivity index (χ1) is 8.01. The molecule has 1 amide bonds. The summed E-state index contributed by atoms with van der Waals surface area (Å²) in [5.41, 5.74) is 2.09. The van der Waals surface area contributed by atoms with Gasteiger partial charge in [0.05, 0.1) is 12.7 Å². The second-order valence-corrected chi connectivity index (χ2v) is 4.55. The van der Waals surface area contributed by atoms with Gasteiger partial charge in [0, 0.05) is 12.5 Å². The van der Waals surface area contributed by atoms with E-state index in [1.165, 1.54) is 0 Å². The van der Waals surface area contributed by atoms with Gasteiger partial charge in [0.25, 0.3) is 0 Å². The highest BCUT2D eigenvalue weighted by atomic mass is 16.5. The third kappa shape index (κ3) is 7.90. The van der Waals surface area contributed by atoms with Crippen LogP contribution in [0.4, 0.5) is 0 Å². The minimum Gasteiger partial charge on any atom is -0.391 e. The molecule has 0 aromatic carbocycles. The maximum absolute atomic E-state index is 11.4. The summed E-state index contributed by atoms with van der Waals surface area (Å²) in [6, 6.07) is 0. The molecule has 0 fully saturated rings. The molecule has 0 aromatic heterocycles. The number of nitrogens with two attached hydrogens (primary N) is 1. The minimum absolute atomic E-state index is 0.240. The quantitative estimate of drug-likeness (QED) is 0.240. The van der Waals surface area contributed by atoms with Crippen LogP contribution in [-0.2, 0) is 9.53 Å². The second-order valence-electron chi connectivity index (χ2n) is 4.55. The lowest BCUT2D eigenvalue weighted by atomic mass is 9.97. The Morgan fingerprint density at radius 1 is 1.53 bits per heavy atom. The lowest BCUT2D eigenvalue weighted by molar-refractivity contribution is -0.126. The van der Waals surface area contributed by atoms with Crippen LogP contribution >= 0.6 is 0 Å². The van der Waals surface area contributed by atoms with Crippen molar-refractivity contribution >= 4 is 5.91 Å². The van der Waals surface area contributed by atoms with Crippen LogP contribution in [0.3, 0.4) is 0 Å². The van der Waals surface area contributed by atoms with Crippen LogP contribution in [0.15, 0.2) is 12.7 Å². The second kappa shape index (κ2) is 9.15. The van der Waals surface area contributed by atoms with E-state index in [1.807, 2.05) is 13.8 Å². The van der Waals surface area contributed by atoms with Crippen molar-refractivity contribution in [1.29, 1.82) is 0 Å². The van der Waals surface area contributed by atoms with Crippen molar-refractivity contribution in [3.05, 3.63) is 12.7 Å². The summed E-state index contributed by atoms with van der Waals surface area (Å²) in [6.07, 6.45) is 1.80. The van der Waals surface area contributed by atoms with Gasteiger partial charge in [0.15, 0.2) is 0 Å². The highest BCUT2D eigenvalue weighted by molar-refractivity contribution is 5.78. The number of allylic oxidation sites excluding steroid dienone is 1. The highest BCUT2D eigenvalue weighted by Gasteiger charge is 2.20. The van der Waals surface area contributed by atoms with Crippen molar-refractivity contribution in [2.45, 2.75) is 32.8 Å². The monoisotopic (exact) mass is 244 g/mol. The molecule has 0 aliphatic carbocycles. The van der Waals surface area contributed by atoms with Gasteiger partial charge in [-0.3, -0.25) is 10.2 Å². The molecule has 0 aliphatic heterocycles. The number of aliphatic hydroxyl groups is 1. The molecular formula is C12H24N2O3. The summed E-state index contributed by atoms with van der Waals surface area (Å²) in [6.45, 7) is 8.49. The van der Waals surface area contributed by atoms with Gasteiger partial charge < -0.3 is 9.84 Å². The third-order valence-corrected chi connectivity index (χ3v) is 2.28. The molecule has 5 heteroatoms. The number of ether oxygens (including phenoxy) is 1. The van der Waals surface area contributed by atoms with Crippen molar-refractivity contribution < 1.29 is 14.6 Å². The molecule has 0 unspecified atom stereocenters. The van der Waals surface area contributed by atoms with Gasteiger partial charge in [-0.25, -0.2) is 5.84 Å². The van der Waals surface area contributed by atoms with Gasteiger partial charge in [0.1, 0.15) is 0 Å². The lowest BCUT2D eigenvalue weighted by Crippen LogP contribution is -2.37. The SMILES string of the molecule is C=CC[C@@H](C[C@@H](O)COCC(C)C)C(=O)NN. The Morgan fingerprint density at radius 2 is 2.18 bits per heavy atom. The van der Waals surface area contributed by atoms with Crippen molar-refractivity contribution in [3.63, 3.8) is 0 Å². The van der Waals surface area contributed by atoms with Gasteiger partial charge in [-0.15, -0.1) is 6.58 Å². The first kappa shape index (κ1) is 16.1.